The van der Waals surface area contributed by atoms with E-state index in [0.29, 0.717) is 31.0 Å². The van der Waals surface area contributed by atoms with Crippen molar-refractivity contribution in [3.05, 3.63) is 70.8 Å². The van der Waals surface area contributed by atoms with Gasteiger partial charge in [0.05, 0.1) is 18.8 Å². The van der Waals surface area contributed by atoms with Gasteiger partial charge in [-0.1, -0.05) is 30.3 Å². The Morgan fingerprint density at radius 1 is 0.933 bits per heavy atom. The maximum atomic E-state index is 11.9. The van der Waals surface area contributed by atoms with E-state index in [2.05, 4.69) is 83.9 Å². The Bertz CT molecular complexity index is 1680. The second-order valence-electron chi connectivity index (χ2n) is 12.2. The fraction of sp³-hybridized carbons (Fsp3) is 0.441. The third kappa shape index (κ3) is 6.41. The Labute approximate surface area is 263 Å². The minimum atomic E-state index is -0.126. The Hall–Kier alpha value is -4.35. The van der Waals surface area contributed by atoms with E-state index in [4.69, 9.17) is 10.5 Å². The molecular weight excluding hydrogens is 566 g/mol. The second kappa shape index (κ2) is 12.9. The molecule has 1 aliphatic heterocycles. The molecule has 11 nitrogen and oxygen atoms in total. The molecule has 1 fully saturated rings. The van der Waals surface area contributed by atoms with E-state index in [1.165, 1.54) is 16.7 Å². The van der Waals surface area contributed by atoms with Crippen LogP contribution in [0.15, 0.2) is 48.5 Å². The quantitative estimate of drug-likeness (QED) is 0.235. The minimum Gasteiger partial charge on any atom is -0.465 e. The number of hydrogen-bond acceptors (Lipinski definition) is 10. The highest BCUT2D eigenvalue weighted by Crippen LogP contribution is 2.32. The molecule has 234 valence electrons. The lowest BCUT2D eigenvalue weighted by Gasteiger charge is -2.38. The van der Waals surface area contributed by atoms with Crippen molar-refractivity contribution in [2.75, 3.05) is 50.4 Å². The van der Waals surface area contributed by atoms with Crippen LogP contribution < -0.4 is 11.1 Å². The van der Waals surface area contributed by atoms with Gasteiger partial charge in [0.1, 0.15) is 0 Å². The average Bonchev–Trinajstić information content (AvgIpc) is 3.19. The molecule has 7 rings (SSSR count). The van der Waals surface area contributed by atoms with Crippen LogP contribution in [-0.2, 0) is 35.2 Å². The highest BCUT2D eigenvalue weighted by atomic mass is 16.5. The zero-order valence-corrected chi connectivity index (χ0v) is 25.9. The van der Waals surface area contributed by atoms with Crippen molar-refractivity contribution < 1.29 is 9.53 Å². The van der Waals surface area contributed by atoms with Gasteiger partial charge in [0.15, 0.2) is 5.82 Å². The first kappa shape index (κ1) is 29.4. The fourth-order valence-electron chi connectivity index (χ4n) is 7.09. The van der Waals surface area contributed by atoms with Gasteiger partial charge >= 0.3 is 5.97 Å². The van der Waals surface area contributed by atoms with E-state index in [9.17, 15) is 4.79 Å². The Kier molecular flexibility index (Phi) is 8.45. The lowest BCUT2D eigenvalue weighted by Crippen LogP contribution is -2.51. The van der Waals surface area contributed by atoms with Gasteiger partial charge in [-0.3, -0.25) is 14.6 Å². The zero-order valence-electron chi connectivity index (χ0n) is 25.9. The van der Waals surface area contributed by atoms with Gasteiger partial charge in [-0.05, 0) is 92.3 Å². The van der Waals surface area contributed by atoms with Crippen LogP contribution in [0.1, 0.15) is 48.4 Å². The van der Waals surface area contributed by atoms with Crippen LogP contribution in [0.25, 0.3) is 17.1 Å². The molecule has 2 aromatic carbocycles. The molecule has 45 heavy (non-hydrogen) atoms. The number of esters is 1. The zero-order chi connectivity index (χ0) is 30.8. The molecule has 1 atom stereocenters. The largest absolute Gasteiger partial charge is 0.465 e. The topological polar surface area (TPSA) is 127 Å². The average molecular weight is 608 g/mol. The normalized spacial score (nSPS) is 18.6. The maximum Gasteiger partial charge on any atom is 0.320 e. The lowest BCUT2D eigenvalue weighted by molar-refractivity contribution is -0.144. The number of nitrogen functional groups attached to an aromatic ring is 1. The summed E-state index contributed by atoms with van der Waals surface area (Å²) in [5, 5.41) is 17.2. The maximum absolute atomic E-state index is 11.9. The molecule has 3 aliphatic rings. The lowest BCUT2D eigenvalue weighted by atomic mass is 10.0. The number of fused-ring (bicyclic) bond motifs is 4. The van der Waals surface area contributed by atoms with Crippen molar-refractivity contribution in [1.82, 2.24) is 34.8 Å². The number of nitrogens with one attached hydrogen (secondary N) is 1. The molecule has 3 heterocycles. The first-order chi connectivity index (χ1) is 22.0. The molecule has 2 aliphatic carbocycles. The monoisotopic (exact) mass is 607 g/mol. The number of piperazine rings is 1. The molecule has 0 amide bonds. The van der Waals surface area contributed by atoms with Gasteiger partial charge in [-0.15, -0.1) is 15.3 Å². The standard InChI is InChI=1S/C34H41N9O2/c1-2-45-31(44)22-41-16-18-42(19-17-41)28-14-11-23-10-13-27(20-25(23)12-15-28)36-34-37-33(35)40-43(34)30-21-26-8-5-7-24-6-3-4-9-29(24)32(26)39-38-30/h3-4,6,9-10,13,20-21,28H,2,5,7-8,11-12,14-19,22H2,1H3,(H3,35,36,37,40). The highest BCUT2D eigenvalue weighted by Gasteiger charge is 2.27. The van der Waals surface area contributed by atoms with E-state index in [-0.39, 0.29) is 11.9 Å². The first-order valence-electron chi connectivity index (χ1n) is 16.2. The number of carbonyl (C=O) groups excluding carboxylic acids is 1. The SMILES string of the molecule is CCOC(=O)CN1CCN(C2CCc3ccc(Nc4nc(N)nn4-c4cc5c(nn4)-c4ccccc4CCC5)cc3CC2)CC1. The van der Waals surface area contributed by atoms with Crippen LogP contribution in [0.2, 0.25) is 0 Å². The van der Waals surface area contributed by atoms with E-state index in [1.807, 2.05) is 6.92 Å². The predicted molar refractivity (Wildman–Crippen MR) is 174 cm³/mol. The van der Waals surface area contributed by atoms with Crippen LogP contribution in [-0.4, -0.2) is 86.1 Å². The van der Waals surface area contributed by atoms with Gasteiger partial charge < -0.3 is 15.8 Å². The number of rotatable bonds is 7. The third-order valence-corrected chi connectivity index (χ3v) is 9.40. The van der Waals surface area contributed by atoms with Crippen molar-refractivity contribution >= 4 is 23.6 Å². The van der Waals surface area contributed by atoms with Crippen LogP contribution >= 0.6 is 0 Å². The van der Waals surface area contributed by atoms with Crippen LogP contribution in [0.5, 0.6) is 0 Å². The van der Waals surface area contributed by atoms with Crippen molar-refractivity contribution in [3.63, 3.8) is 0 Å². The number of nitrogens with two attached hydrogens (primary N) is 1. The number of aryl methyl sites for hydroxylation is 4. The summed E-state index contributed by atoms with van der Waals surface area (Å²) in [6.45, 7) is 6.47. The van der Waals surface area contributed by atoms with Gasteiger partial charge in [0.2, 0.25) is 11.9 Å². The second-order valence-corrected chi connectivity index (χ2v) is 12.2. The minimum absolute atomic E-state index is 0.126. The van der Waals surface area contributed by atoms with E-state index < -0.39 is 0 Å². The van der Waals surface area contributed by atoms with Gasteiger partial charge in [-0.2, -0.15) is 9.67 Å². The number of anilines is 3. The Balaban J connectivity index is 1.03. The summed E-state index contributed by atoms with van der Waals surface area (Å²) in [5.74, 6) is 1.17. The molecule has 1 saturated heterocycles. The number of ether oxygens (including phenoxy) is 1. The molecule has 11 heteroatoms. The molecule has 4 aromatic rings. The number of aromatic nitrogens is 5. The summed E-state index contributed by atoms with van der Waals surface area (Å²) in [5.41, 5.74) is 14.4. The molecule has 0 saturated carbocycles. The smallest absolute Gasteiger partial charge is 0.320 e. The Morgan fingerprint density at radius 3 is 2.58 bits per heavy atom. The first-order valence-corrected chi connectivity index (χ1v) is 16.2. The molecule has 0 spiro atoms. The van der Waals surface area contributed by atoms with Gasteiger partial charge in [0, 0.05) is 43.5 Å². The fourth-order valence-corrected chi connectivity index (χ4v) is 7.09. The van der Waals surface area contributed by atoms with Crippen molar-refractivity contribution in [2.24, 2.45) is 0 Å². The molecule has 1 unspecified atom stereocenters. The van der Waals surface area contributed by atoms with Crippen molar-refractivity contribution in [1.29, 1.82) is 0 Å². The predicted octanol–water partition coefficient (Wildman–Crippen LogP) is 3.97. The number of benzene rings is 2. The van der Waals surface area contributed by atoms with Crippen LogP contribution in [0.4, 0.5) is 17.6 Å². The third-order valence-electron chi connectivity index (χ3n) is 9.40. The summed E-state index contributed by atoms with van der Waals surface area (Å²) < 4.78 is 6.79. The summed E-state index contributed by atoms with van der Waals surface area (Å²) in [4.78, 5) is 21.2. The molecule has 3 N–H and O–H groups in total. The van der Waals surface area contributed by atoms with E-state index >= 15 is 0 Å². The summed E-state index contributed by atoms with van der Waals surface area (Å²) >= 11 is 0. The molecule has 2 aromatic heterocycles. The van der Waals surface area contributed by atoms with E-state index in [0.717, 1.165) is 93.6 Å². The molecule has 0 bridgehead atoms. The van der Waals surface area contributed by atoms with Gasteiger partial charge in [-0.25, -0.2) is 0 Å². The van der Waals surface area contributed by atoms with E-state index in [1.54, 1.807) is 4.68 Å². The molecular formula is C34H41N9O2. The number of carbonyl (C=O) groups is 1. The van der Waals surface area contributed by atoms with Crippen molar-refractivity contribution in [2.45, 2.75) is 57.9 Å². The summed E-state index contributed by atoms with van der Waals surface area (Å²) in [7, 11) is 0. The van der Waals surface area contributed by atoms with Crippen molar-refractivity contribution in [3.8, 4) is 17.1 Å². The molecule has 0 radical (unpaired) electrons. The van der Waals surface area contributed by atoms with Crippen LogP contribution in [0, 0.1) is 0 Å². The summed E-state index contributed by atoms with van der Waals surface area (Å²) in [6, 6.07) is 17.6. The van der Waals surface area contributed by atoms with Crippen LogP contribution in [0.3, 0.4) is 0 Å². The highest BCUT2D eigenvalue weighted by molar-refractivity contribution is 5.71. The number of nitrogens with zero attached hydrogens (tertiary/aromatic N) is 7. The van der Waals surface area contributed by atoms with Gasteiger partial charge in [0.25, 0.3) is 0 Å². The summed E-state index contributed by atoms with van der Waals surface area (Å²) in [6.07, 6.45) is 7.34. The number of hydrogen-bond donors (Lipinski definition) is 2. The Morgan fingerprint density at radius 2 is 1.73 bits per heavy atom.